The van der Waals surface area contributed by atoms with E-state index in [1.165, 1.54) is 0 Å². The molecular formula is C16H27N7. The van der Waals surface area contributed by atoms with E-state index in [1.54, 1.807) is 6.33 Å². The molecule has 0 atom stereocenters. The van der Waals surface area contributed by atoms with Crippen molar-refractivity contribution in [2.24, 2.45) is 0 Å². The Labute approximate surface area is 137 Å². The van der Waals surface area contributed by atoms with E-state index in [-0.39, 0.29) is 0 Å². The van der Waals surface area contributed by atoms with Crippen molar-refractivity contribution in [3.05, 3.63) is 18.1 Å². The van der Waals surface area contributed by atoms with Crippen molar-refractivity contribution in [2.75, 3.05) is 57.3 Å². The second kappa shape index (κ2) is 7.23. The number of hydrogen-bond donors (Lipinski definition) is 0. The average molecular weight is 317 g/mol. The number of nitrogens with zero attached hydrogens (tertiary/aromatic N) is 7. The second-order valence-corrected chi connectivity index (χ2v) is 6.08. The molecular weight excluding hydrogens is 290 g/mol. The lowest BCUT2D eigenvalue weighted by Crippen LogP contribution is -2.49. The third-order valence-electron chi connectivity index (χ3n) is 4.68. The monoisotopic (exact) mass is 317 g/mol. The van der Waals surface area contributed by atoms with Crippen molar-refractivity contribution in [3.8, 4) is 0 Å². The molecule has 23 heavy (non-hydrogen) atoms. The van der Waals surface area contributed by atoms with Gasteiger partial charge in [0.25, 0.3) is 5.78 Å². The van der Waals surface area contributed by atoms with Gasteiger partial charge in [-0.1, -0.05) is 13.8 Å². The maximum absolute atomic E-state index is 4.42. The minimum Gasteiger partial charge on any atom is -0.354 e. The fraction of sp³-hybridized carbons (Fsp3) is 0.688. The molecule has 2 aromatic heterocycles. The van der Waals surface area contributed by atoms with Gasteiger partial charge < -0.3 is 9.80 Å². The van der Waals surface area contributed by atoms with Gasteiger partial charge in [0.05, 0.1) is 0 Å². The van der Waals surface area contributed by atoms with Crippen LogP contribution in [0.15, 0.2) is 12.4 Å². The standard InChI is InChI=1S/C16H27N7/c1-4-20(5-2)6-7-21-8-10-22(11-9-21)15-12-14(3)19-16-17-13-18-23(15)16/h12-13H,4-11H2,1-3H3. The van der Waals surface area contributed by atoms with Crippen molar-refractivity contribution >= 4 is 11.6 Å². The summed E-state index contributed by atoms with van der Waals surface area (Å²) in [6, 6.07) is 2.10. The molecule has 3 heterocycles. The van der Waals surface area contributed by atoms with Crippen LogP contribution in [0.2, 0.25) is 0 Å². The average Bonchev–Trinajstić information content (AvgIpc) is 3.04. The van der Waals surface area contributed by atoms with E-state index in [2.05, 4.69) is 49.7 Å². The zero-order valence-electron chi connectivity index (χ0n) is 14.4. The molecule has 0 saturated carbocycles. The summed E-state index contributed by atoms with van der Waals surface area (Å²) in [5.41, 5.74) is 0.990. The predicted octanol–water partition coefficient (Wildman–Crippen LogP) is 0.897. The Hall–Kier alpha value is -1.73. The molecule has 1 fully saturated rings. The molecule has 0 radical (unpaired) electrons. The first-order chi connectivity index (χ1) is 11.2. The van der Waals surface area contributed by atoms with E-state index in [4.69, 9.17) is 0 Å². The van der Waals surface area contributed by atoms with Gasteiger partial charge >= 0.3 is 0 Å². The van der Waals surface area contributed by atoms with Crippen LogP contribution in [0.1, 0.15) is 19.5 Å². The molecule has 0 aromatic carbocycles. The number of hydrogen-bond acceptors (Lipinski definition) is 6. The maximum atomic E-state index is 4.42. The van der Waals surface area contributed by atoms with Crippen molar-refractivity contribution in [1.29, 1.82) is 0 Å². The van der Waals surface area contributed by atoms with E-state index in [0.29, 0.717) is 5.78 Å². The molecule has 1 aliphatic heterocycles. The summed E-state index contributed by atoms with van der Waals surface area (Å²) in [7, 11) is 0. The summed E-state index contributed by atoms with van der Waals surface area (Å²) in [6.07, 6.45) is 1.58. The number of aromatic nitrogens is 4. The van der Waals surface area contributed by atoms with E-state index < -0.39 is 0 Å². The van der Waals surface area contributed by atoms with Crippen LogP contribution < -0.4 is 4.90 Å². The molecule has 3 rings (SSSR count). The van der Waals surface area contributed by atoms with Crippen LogP contribution in [0.5, 0.6) is 0 Å². The Morgan fingerprint density at radius 3 is 2.57 bits per heavy atom. The van der Waals surface area contributed by atoms with Crippen LogP contribution in [0, 0.1) is 6.92 Å². The number of rotatable bonds is 6. The van der Waals surface area contributed by atoms with Gasteiger partial charge in [0.2, 0.25) is 0 Å². The van der Waals surface area contributed by atoms with Gasteiger partial charge in [-0.25, -0.2) is 4.98 Å². The summed E-state index contributed by atoms with van der Waals surface area (Å²) >= 11 is 0. The fourth-order valence-corrected chi connectivity index (χ4v) is 3.16. The SMILES string of the molecule is CCN(CC)CCN1CCN(c2cc(C)nc3ncnn23)CC1. The molecule has 0 unspecified atom stereocenters. The number of anilines is 1. The summed E-state index contributed by atoms with van der Waals surface area (Å²) in [4.78, 5) is 16.1. The molecule has 1 aliphatic rings. The minimum absolute atomic E-state index is 0.684. The third-order valence-corrected chi connectivity index (χ3v) is 4.68. The van der Waals surface area contributed by atoms with Crippen LogP contribution in [0.4, 0.5) is 5.82 Å². The first-order valence-corrected chi connectivity index (χ1v) is 8.58. The maximum Gasteiger partial charge on any atom is 0.254 e. The Morgan fingerprint density at radius 2 is 1.87 bits per heavy atom. The molecule has 0 N–H and O–H groups in total. The minimum atomic E-state index is 0.684. The Balaban J connectivity index is 1.61. The van der Waals surface area contributed by atoms with Crippen LogP contribution in [0.25, 0.3) is 5.78 Å². The van der Waals surface area contributed by atoms with Gasteiger partial charge in [-0.15, -0.1) is 0 Å². The molecule has 0 amide bonds. The highest BCUT2D eigenvalue weighted by Gasteiger charge is 2.20. The van der Waals surface area contributed by atoms with E-state index in [9.17, 15) is 0 Å². The lowest BCUT2D eigenvalue weighted by Gasteiger charge is -2.36. The van der Waals surface area contributed by atoms with Crippen LogP contribution >= 0.6 is 0 Å². The fourth-order valence-electron chi connectivity index (χ4n) is 3.16. The van der Waals surface area contributed by atoms with E-state index in [1.807, 2.05) is 11.4 Å². The normalized spacial score (nSPS) is 16.6. The van der Waals surface area contributed by atoms with Gasteiger partial charge in [0, 0.05) is 51.0 Å². The molecule has 0 spiro atoms. The Kier molecular flexibility index (Phi) is 5.07. The second-order valence-electron chi connectivity index (χ2n) is 6.08. The highest BCUT2D eigenvalue weighted by Crippen LogP contribution is 2.17. The van der Waals surface area contributed by atoms with E-state index in [0.717, 1.165) is 63.9 Å². The van der Waals surface area contributed by atoms with Gasteiger partial charge in [-0.05, 0) is 20.0 Å². The zero-order valence-corrected chi connectivity index (χ0v) is 14.4. The summed E-state index contributed by atoms with van der Waals surface area (Å²) in [5.74, 6) is 1.79. The highest BCUT2D eigenvalue weighted by atomic mass is 15.4. The summed E-state index contributed by atoms with van der Waals surface area (Å²) in [5, 5.41) is 4.32. The highest BCUT2D eigenvalue weighted by molar-refractivity contribution is 5.47. The van der Waals surface area contributed by atoms with Crippen molar-refractivity contribution < 1.29 is 0 Å². The predicted molar refractivity (Wildman–Crippen MR) is 92.0 cm³/mol. The van der Waals surface area contributed by atoms with Crippen molar-refractivity contribution in [3.63, 3.8) is 0 Å². The van der Waals surface area contributed by atoms with Gasteiger partial charge in [0.1, 0.15) is 12.1 Å². The molecule has 126 valence electrons. The van der Waals surface area contributed by atoms with Gasteiger partial charge in [-0.2, -0.15) is 14.6 Å². The topological polar surface area (TPSA) is 52.8 Å². The van der Waals surface area contributed by atoms with Crippen LogP contribution in [-0.4, -0.2) is 81.7 Å². The van der Waals surface area contributed by atoms with Gasteiger partial charge in [-0.3, -0.25) is 4.90 Å². The molecule has 7 nitrogen and oxygen atoms in total. The van der Waals surface area contributed by atoms with E-state index >= 15 is 0 Å². The van der Waals surface area contributed by atoms with Crippen LogP contribution in [0.3, 0.4) is 0 Å². The zero-order chi connectivity index (χ0) is 16.2. The van der Waals surface area contributed by atoms with Crippen LogP contribution in [-0.2, 0) is 0 Å². The molecule has 7 heteroatoms. The Morgan fingerprint density at radius 1 is 1.13 bits per heavy atom. The molecule has 1 saturated heterocycles. The number of piperazine rings is 1. The number of likely N-dealkylation sites (N-methyl/N-ethyl adjacent to an activating group) is 1. The smallest absolute Gasteiger partial charge is 0.254 e. The van der Waals surface area contributed by atoms with Crippen molar-refractivity contribution in [2.45, 2.75) is 20.8 Å². The largest absolute Gasteiger partial charge is 0.354 e. The number of aryl methyl sites for hydroxylation is 1. The Bertz CT molecular complexity index is 626. The molecule has 0 bridgehead atoms. The van der Waals surface area contributed by atoms with Crippen molar-refractivity contribution in [1.82, 2.24) is 29.4 Å². The third kappa shape index (κ3) is 3.61. The quantitative estimate of drug-likeness (QED) is 0.789. The number of fused-ring (bicyclic) bond motifs is 1. The molecule has 2 aromatic rings. The lowest BCUT2D eigenvalue weighted by atomic mass is 10.3. The summed E-state index contributed by atoms with van der Waals surface area (Å²) in [6.45, 7) is 15.3. The lowest BCUT2D eigenvalue weighted by molar-refractivity contribution is 0.205. The first-order valence-electron chi connectivity index (χ1n) is 8.58. The van der Waals surface area contributed by atoms with Gasteiger partial charge in [0.15, 0.2) is 0 Å². The molecule has 0 aliphatic carbocycles. The summed E-state index contributed by atoms with van der Waals surface area (Å²) < 4.78 is 1.85. The first kappa shape index (κ1) is 16.1.